The molecule has 1 N–H and O–H groups in total. The van der Waals surface area contributed by atoms with E-state index in [1.165, 1.54) is 0 Å². The van der Waals surface area contributed by atoms with Crippen molar-refractivity contribution in [2.24, 2.45) is 0 Å². The van der Waals surface area contributed by atoms with Crippen molar-refractivity contribution < 1.29 is 11.6 Å². The number of rotatable bonds is 8. The molecular formula is C25H27NO. The Bertz CT molecular complexity index is 1030. The summed E-state index contributed by atoms with van der Waals surface area (Å²) in [6.45, 7) is -1.61. The van der Waals surface area contributed by atoms with E-state index in [1.54, 1.807) is 24.3 Å². The van der Waals surface area contributed by atoms with Gasteiger partial charge >= 0.3 is 0 Å². The van der Waals surface area contributed by atoms with Crippen molar-refractivity contribution in [3.8, 4) is 5.75 Å². The van der Waals surface area contributed by atoms with Crippen molar-refractivity contribution in [1.82, 2.24) is 5.32 Å². The van der Waals surface area contributed by atoms with Gasteiger partial charge in [-0.25, -0.2) is 0 Å². The standard InChI is InChI=1S/C25H27NO/c1-3-24(20-10-6-4-7-11-20)25(21-12-8-5-9-13-21)22-14-16-23(17-15-22)27-19-18-26-2/h4-17,26H,3,18-19H2,1-2H3/b25-24-/i1D3,3D2. The number of ether oxygens (including phenoxy) is 1. The van der Waals surface area contributed by atoms with Crippen LogP contribution in [0.15, 0.2) is 84.9 Å². The van der Waals surface area contributed by atoms with Crippen molar-refractivity contribution in [3.05, 3.63) is 102 Å². The van der Waals surface area contributed by atoms with E-state index < -0.39 is 13.2 Å². The van der Waals surface area contributed by atoms with Crippen molar-refractivity contribution in [2.45, 2.75) is 13.2 Å². The third kappa shape index (κ3) is 4.87. The Morgan fingerprint density at radius 3 is 2.04 bits per heavy atom. The molecule has 0 aliphatic carbocycles. The molecule has 0 aliphatic rings. The van der Waals surface area contributed by atoms with E-state index >= 15 is 0 Å². The molecule has 0 spiro atoms. The monoisotopic (exact) mass is 362 g/mol. The second kappa shape index (κ2) is 9.75. The Morgan fingerprint density at radius 2 is 1.44 bits per heavy atom. The van der Waals surface area contributed by atoms with E-state index in [0.717, 1.165) is 5.56 Å². The average molecular weight is 363 g/mol. The Labute approximate surface area is 169 Å². The maximum Gasteiger partial charge on any atom is 0.119 e. The highest BCUT2D eigenvalue weighted by molar-refractivity contribution is 5.98. The van der Waals surface area contributed by atoms with E-state index in [-0.39, 0.29) is 5.57 Å². The highest BCUT2D eigenvalue weighted by atomic mass is 16.5. The van der Waals surface area contributed by atoms with E-state index in [2.05, 4.69) is 5.32 Å². The predicted molar refractivity (Wildman–Crippen MR) is 115 cm³/mol. The van der Waals surface area contributed by atoms with Gasteiger partial charge < -0.3 is 10.1 Å². The molecule has 138 valence electrons. The van der Waals surface area contributed by atoms with E-state index in [0.29, 0.717) is 35.6 Å². The van der Waals surface area contributed by atoms with Crippen LogP contribution in [-0.2, 0) is 0 Å². The molecule has 0 unspecified atom stereocenters. The van der Waals surface area contributed by atoms with Crippen LogP contribution in [0.1, 0.15) is 36.8 Å². The molecule has 0 bridgehead atoms. The van der Waals surface area contributed by atoms with Gasteiger partial charge in [0.05, 0.1) is 0 Å². The van der Waals surface area contributed by atoms with Gasteiger partial charge in [-0.15, -0.1) is 0 Å². The highest BCUT2D eigenvalue weighted by Gasteiger charge is 2.12. The molecule has 0 amide bonds. The molecule has 2 heteroatoms. The van der Waals surface area contributed by atoms with Crippen molar-refractivity contribution in [2.75, 3.05) is 20.2 Å². The first-order valence-corrected chi connectivity index (χ1v) is 8.99. The van der Waals surface area contributed by atoms with Crippen LogP contribution in [0.2, 0.25) is 0 Å². The summed E-state index contributed by atoms with van der Waals surface area (Å²) in [6.07, 6.45) is -2.58. The minimum Gasteiger partial charge on any atom is -0.492 e. The number of benzene rings is 3. The third-order valence-electron chi connectivity index (χ3n) is 4.26. The van der Waals surface area contributed by atoms with Crippen LogP contribution in [0.5, 0.6) is 5.75 Å². The van der Waals surface area contributed by atoms with Gasteiger partial charge in [-0.3, -0.25) is 0 Å². The van der Waals surface area contributed by atoms with Gasteiger partial charge in [0, 0.05) is 13.4 Å². The molecule has 0 aliphatic heterocycles. The quantitative estimate of drug-likeness (QED) is 0.413. The summed E-state index contributed by atoms with van der Waals surface area (Å²) in [6, 6.07) is 25.5. The first-order valence-electron chi connectivity index (χ1n) is 11.5. The minimum absolute atomic E-state index is 0.133. The molecule has 0 radical (unpaired) electrons. The van der Waals surface area contributed by atoms with E-state index in [9.17, 15) is 0 Å². The van der Waals surface area contributed by atoms with Gasteiger partial charge in [0.2, 0.25) is 0 Å². The van der Waals surface area contributed by atoms with E-state index in [4.69, 9.17) is 11.6 Å². The molecule has 0 heterocycles. The van der Waals surface area contributed by atoms with Gasteiger partial charge in [-0.05, 0) is 53.4 Å². The smallest absolute Gasteiger partial charge is 0.119 e. The largest absolute Gasteiger partial charge is 0.492 e. The zero-order valence-corrected chi connectivity index (χ0v) is 15.4. The predicted octanol–water partition coefficient (Wildman–Crippen LogP) is 5.65. The van der Waals surface area contributed by atoms with Crippen molar-refractivity contribution in [1.29, 1.82) is 0 Å². The lowest BCUT2D eigenvalue weighted by Crippen LogP contribution is -2.15. The van der Waals surface area contributed by atoms with Gasteiger partial charge in [0.25, 0.3) is 0 Å². The SMILES string of the molecule is [2H]C([2H])([2H])C([2H])([2H])/C(=C(\c1ccccc1)c1ccc(OCCNC)cc1)c1ccccc1. The first kappa shape index (κ1) is 13.3. The average Bonchev–Trinajstić information content (AvgIpc) is 2.78. The Morgan fingerprint density at radius 1 is 0.852 bits per heavy atom. The van der Waals surface area contributed by atoms with Crippen molar-refractivity contribution in [3.63, 3.8) is 0 Å². The second-order valence-electron chi connectivity index (χ2n) is 6.08. The zero-order chi connectivity index (χ0) is 23.2. The lowest BCUT2D eigenvalue weighted by atomic mass is 9.88. The number of nitrogens with one attached hydrogen (secondary N) is 1. The summed E-state index contributed by atoms with van der Waals surface area (Å²) in [5.74, 6) is 0.691. The Hall–Kier alpha value is -2.84. The molecule has 0 fully saturated rings. The summed E-state index contributed by atoms with van der Waals surface area (Å²) >= 11 is 0. The maximum absolute atomic E-state index is 8.67. The molecule has 0 saturated carbocycles. The number of hydrogen-bond acceptors (Lipinski definition) is 2. The van der Waals surface area contributed by atoms with Crippen LogP contribution in [-0.4, -0.2) is 20.2 Å². The zero-order valence-electron chi connectivity index (χ0n) is 20.4. The second-order valence-corrected chi connectivity index (χ2v) is 6.08. The lowest BCUT2D eigenvalue weighted by Gasteiger charge is -2.17. The molecule has 0 aromatic heterocycles. The molecule has 2 nitrogen and oxygen atoms in total. The normalized spacial score (nSPS) is 15.5. The molecule has 0 atom stereocenters. The number of likely N-dealkylation sites (N-methyl/N-ethyl adjacent to an activating group) is 1. The molecule has 27 heavy (non-hydrogen) atoms. The Balaban J connectivity index is 2.26. The fourth-order valence-electron chi connectivity index (χ4n) is 2.93. The molecule has 0 saturated heterocycles. The maximum atomic E-state index is 8.67. The van der Waals surface area contributed by atoms with Crippen LogP contribution in [0.3, 0.4) is 0 Å². The Kier molecular flexibility index (Phi) is 4.82. The number of hydrogen-bond donors (Lipinski definition) is 1. The fraction of sp³-hybridized carbons (Fsp3) is 0.200. The van der Waals surface area contributed by atoms with Crippen LogP contribution < -0.4 is 10.1 Å². The summed E-state index contributed by atoms with van der Waals surface area (Å²) in [5, 5.41) is 3.03. The van der Waals surface area contributed by atoms with Gasteiger partial charge in [-0.2, -0.15) is 0 Å². The first-order chi connectivity index (χ1) is 15.3. The number of allylic oxidation sites excluding steroid dienone is 1. The minimum atomic E-state index is -2.85. The molecular weight excluding hydrogens is 330 g/mol. The van der Waals surface area contributed by atoms with Crippen LogP contribution in [0, 0.1) is 0 Å². The van der Waals surface area contributed by atoms with Crippen molar-refractivity contribution >= 4 is 11.1 Å². The molecule has 3 rings (SSSR count). The molecule has 3 aromatic carbocycles. The highest BCUT2D eigenvalue weighted by Crippen LogP contribution is 2.34. The topological polar surface area (TPSA) is 21.3 Å². The van der Waals surface area contributed by atoms with Gasteiger partial charge in [0.1, 0.15) is 12.4 Å². The van der Waals surface area contributed by atoms with Gasteiger partial charge in [0.15, 0.2) is 0 Å². The summed E-state index contributed by atoms with van der Waals surface area (Å²) in [7, 11) is 1.85. The summed E-state index contributed by atoms with van der Waals surface area (Å²) in [5.41, 5.74) is 2.65. The van der Waals surface area contributed by atoms with Crippen LogP contribution >= 0.6 is 0 Å². The summed E-state index contributed by atoms with van der Waals surface area (Å²) < 4.78 is 46.9. The fourth-order valence-corrected chi connectivity index (χ4v) is 2.93. The molecule has 3 aromatic rings. The van der Waals surface area contributed by atoms with Crippen LogP contribution in [0.4, 0.5) is 0 Å². The van der Waals surface area contributed by atoms with Gasteiger partial charge in [-0.1, -0.05) is 79.6 Å². The lowest BCUT2D eigenvalue weighted by molar-refractivity contribution is 0.318. The van der Waals surface area contributed by atoms with Crippen LogP contribution in [0.25, 0.3) is 11.1 Å². The third-order valence-corrected chi connectivity index (χ3v) is 4.26. The van der Waals surface area contributed by atoms with E-state index in [1.807, 2.05) is 67.7 Å². The summed E-state index contributed by atoms with van der Waals surface area (Å²) in [4.78, 5) is 0.